The van der Waals surface area contributed by atoms with Crippen molar-refractivity contribution in [2.75, 3.05) is 18.1 Å². The molecule has 5 heteroatoms. The second-order valence-corrected chi connectivity index (χ2v) is 4.66. The van der Waals surface area contributed by atoms with Gasteiger partial charge in [0.1, 0.15) is 5.75 Å². The fraction of sp³-hybridized carbons (Fsp3) is 0.385. The predicted octanol–water partition coefficient (Wildman–Crippen LogP) is 1.14. The van der Waals surface area contributed by atoms with Crippen LogP contribution in [0.3, 0.4) is 0 Å². The van der Waals surface area contributed by atoms with Gasteiger partial charge < -0.3 is 14.6 Å². The third-order valence-corrected chi connectivity index (χ3v) is 3.13. The highest BCUT2D eigenvalue weighted by molar-refractivity contribution is 8.00. The van der Waals surface area contributed by atoms with Gasteiger partial charge >= 0.3 is 0 Å². The molecule has 0 unspecified atom stereocenters. The summed E-state index contributed by atoms with van der Waals surface area (Å²) >= 11 is 1.30. The molecule has 1 rings (SSSR count). The van der Waals surface area contributed by atoms with Crippen LogP contribution in [0.15, 0.2) is 24.3 Å². The standard InChI is InChI=1S/C13H16O4S/c1-2-17-11-5-3-10(4-6-11)12(14)9-18-8-7-13(15)16/h3-6H,2,7-9H2,1H3,(H,15,16)/p-1. The van der Waals surface area contributed by atoms with E-state index in [1.165, 1.54) is 11.8 Å². The molecule has 1 aromatic carbocycles. The lowest BCUT2D eigenvalue weighted by molar-refractivity contribution is -0.305. The highest BCUT2D eigenvalue weighted by Gasteiger charge is 2.05. The zero-order valence-electron chi connectivity index (χ0n) is 10.2. The lowest BCUT2D eigenvalue weighted by Crippen LogP contribution is -2.22. The number of aliphatic carboxylic acids is 1. The molecule has 0 saturated heterocycles. The molecule has 0 aliphatic rings. The molecule has 98 valence electrons. The van der Waals surface area contributed by atoms with E-state index in [9.17, 15) is 14.7 Å². The molecule has 0 heterocycles. The first-order valence-electron chi connectivity index (χ1n) is 5.67. The van der Waals surface area contributed by atoms with Crippen molar-refractivity contribution in [2.24, 2.45) is 0 Å². The number of hydrogen-bond acceptors (Lipinski definition) is 5. The smallest absolute Gasteiger partial charge is 0.172 e. The predicted molar refractivity (Wildman–Crippen MR) is 68.9 cm³/mol. The average Bonchev–Trinajstić information content (AvgIpc) is 2.35. The van der Waals surface area contributed by atoms with Crippen LogP contribution < -0.4 is 9.84 Å². The third-order valence-electron chi connectivity index (χ3n) is 2.17. The first kappa shape index (κ1) is 14.6. The molecule has 0 aromatic heterocycles. The van der Waals surface area contributed by atoms with Crippen LogP contribution in [0, 0.1) is 0 Å². The summed E-state index contributed by atoms with van der Waals surface area (Å²) in [6.45, 7) is 2.49. The summed E-state index contributed by atoms with van der Waals surface area (Å²) in [6.07, 6.45) is -0.0266. The van der Waals surface area contributed by atoms with E-state index in [0.717, 1.165) is 5.75 Å². The monoisotopic (exact) mass is 267 g/mol. The number of rotatable bonds is 8. The number of ketones is 1. The number of carbonyl (C=O) groups excluding carboxylic acids is 2. The van der Waals surface area contributed by atoms with E-state index >= 15 is 0 Å². The normalized spacial score (nSPS) is 10.1. The van der Waals surface area contributed by atoms with Crippen molar-refractivity contribution < 1.29 is 19.4 Å². The van der Waals surface area contributed by atoms with Gasteiger partial charge in [0.15, 0.2) is 5.78 Å². The molecular formula is C13H15O4S-. The van der Waals surface area contributed by atoms with Crippen molar-refractivity contribution in [1.29, 1.82) is 0 Å². The molecule has 0 atom stereocenters. The van der Waals surface area contributed by atoms with Crippen LogP contribution >= 0.6 is 11.8 Å². The molecule has 0 radical (unpaired) electrons. The van der Waals surface area contributed by atoms with Crippen molar-refractivity contribution in [1.82, 2.24) is 0 Å². The SMILES string of the molecule is CCOc1ccc(C(=O)CSCCC(=O)[O-])cc1. The number of carbonyl (C=O) groups is 2. The summed E-state index contributed by atoms with van der Waals surface area (Å²) in [5.74, 6) is 0.308. The Kier molecular flexibility index (Phi) is 6.28. The molecule has 4 nitrogen and oxygen atoms in total. The molecular weight excluding hydrogens is 252 g/mol. The summed E-state index contributed by atoms with van der Waals surface area (Å²) in [5.41, 5.74) is 0.611. The van der Waals surface area contributed by atoms with Gasteiger partial charge in [-0.2, -0.15) is 11.8 Å². The van der Waals surface area contributed by atoms with E-state index in [-0.39, 0.29) is 18.0 Å². The highest BCUT2D eigenvalue weighted by Crippen LogP contribution is 2.14. The number of carboxylic acids is 1. The van der Waals surface area contributed by atoms with Gasteiger partial charge in [-0.05, 0) is 43.4 Å². The van der Waals surface area contributed by atoms with Crippen molar-refractivity contribution in [3.8, 4) is 5.75 Å². The van der Waals surface area contributed by atoms with E-state index < -0.39 is 5.97 Å². The lowest BCUT2D eigenvalue weighted by atomic mass is 10.1. The van der Waals surface area contributed by atoms with Gasteiger partial charge in [0, 0.05) is 11.5 Å². The number of carboxylic acid groups (broad SMARTS) is 1. The molecule has 18 heavy (non-hydrogen) atoms. The summed E-state index contributed by atoms with van der Waals surface area (Å²) in [4.78, 5) is 21.9. The Hall–Kier alpha value is -1.49. The van der Waals surface area contributed by atoms with Crippen molar-refractivity contribution in [3.63, 3.8) is 0 Å². The van der Waals surface area contributed by atoms with E-state index in [0.29, 0.717) is 17.9 Å². The largest absolute Gasteiger partial charge is 0.550 e. The van der Waals surface area contributed by atoms with Crippen LogP contribution in [0.25, 0.3) is 0 Å². The van der Waals surface area contributed by atoms with Gasteiger partial charge in [-0.25, -0.2) is 0 Å². The Morgan fingerprint density at radius 3 is 2.50 bits per heavy atom. The zero-order chi connectivity index (χ0) is 13.4. The fourth-order valence-corrected chi connectivity index (χ4v) is 2.11. The molecule has 0 amide bonds. The van der Waals surface area contributed by atoms with Gasteiger partial charge in [0.05, 0.1) is 12.4 Å². The van der Waals surface area contributed by atoms with Crippen LogP contribution in [0.2, 0.25) is 0 Å². The Labute approximate surface area is 110 Å². The minimum Gasteiger partial charge on any atom is -0.550 e. The minimum absolute atomic E-state index is 0.0126. The van der Waals surface area contributed by atoms with Gasteiger partial charge in [0.25, 0.3) is 0 Å². The molecule has 0 aliphatic carbocycles. The lowest BCUT2D eigenvalue weighted by Gasteiger charge is -2.05. The molecule has 0 aliphatic heterocycles. The second kappa shape index (κ2) is 7.76. The number of ether oxygens (including phenoxy) is 1. The van der Waals surface area contributed by atoms with Crippen molar-refractivity contribution in [3.05, 3.63) is 29.8 Å². The topological polar surface area (TPSA) is 66.4 Å². The van der Waals surface area contributed by atoms with Gasteiger partial charge in [-0.15, -0.1) is 0 Å². The number of hydrogen-bond donors (Lipinski definition) is 0. The minimum atomic E-state index is -1.09. The van der Waals surface area contributed by atoms with Crippen molar-refractivity contribution in [2.45, 2.75) is 13.3 Å². The van der Waals surface area contributed by atoms with Crippen molar-refractivity contribution >= 4 is 23.5 Å². The summed E-state index contributed by atoms with van der Waals surface area (Å²) in [7, 11) is 0. The van der Waals surface area contributed by atoms with Gasteiger partial charge in [-0.3, -0.25) is 4.79 Å². The average molecular weight is 267 g/mol. The highest BCUT2D eigenvalue weighted by atomic mass is 32.2. The van der Waals surface area contributed by atoms with E-state index in [1.807, 2.05) is 6.92 Å². The third kappa shape index (κ3) is 5.23. The zero-order valence-corrected chi connectivity index (χ0v) is 11.0. The van der Waals surface area contributed by atoms with Crippen LogP contribution in [0.1, 0.15) is 23.7 Å². The molecule has 0 saturated carbocycles. The van der Waals surface area contributed by atoms with Crippen LogP contribution in [0.5, 0.6) is 5.75 Å². The second-order valence-electron chi connectivity index (χ2n) is 3.56. The Morgan fingerprint density at radius 2 is 1.94 bits per heavy atom. The number of thioether (sulfide) groups is 1. The fourth-order valence-electron chi connectivity index (χ4n) is 1.31. The Bertz CT molecular complexity index is 400. The van der Waals surface area contributed by atoms with E-state index in [1.54, 1.807) is 24.3 Å². The number of Topliss-reactive ketones (excluding diaryl/α,β-unsaturated/α-hetero) is 1. The summed E-state index contributed by atoms with van der Waals surface area (Å²) in [6, 6.07) is 6.93. The van der Waals surface area contributed by atoms with Gasteiger partial charge in [0.2, 0.25) is 0 Å². The maximum Gasteiger partial charge on any atom is 0.172 e. The first-order chi connectivity index (χ1) is 8.63. The molecule has 0 spiro atoms. The molecule has 1 aromatic rings. The Morgan fingerprint density at radius 1 is 1.28 bits per heavy atom. The van der Waals surface area contributed by atoms with E-state index in [4.69, 9.17) is 4.74 Å². The van der Waals surface area contributed by atoms with Crippen LogP contribution in [0.4, 0.5) is 0 Å². The molecule has 0 N–H and O–H groups in total. The first-order valence-corrected chi connectivity index (χ1v) is 6.82. The maximum absolute atomic E-state index is 11.7. The van der Waals surface area contributed by atoms with Gasteiger partial charge in [-0.1, -0.05) is 0 Å². The maximum atomic E-state index is 11.7. The summed E-state index contributed by atoms with van der Waals surface area (Å²) in [5, 5.41) is 10.2. The quantitative estimate of drug-likeness (QED) is 0.522. The van der Waals surface area contributed by atoms with E-state index in [2.05, 4.69) is 0 Å². The van der Waals surface area contributed by atoms with Crippen LogP contribution in [-0.2, 0) is 4.79 Å². The number of benzene rings is 1. The Balaban J connectivity index is 2.39. The van der Waals surface area contributed by atoms with Crippen LogP contribution in [-0.4, -0.2) is 29.9 Å². The summed E-state index contributed by atoms with van der Waals surface area (Å²) < 4.78 is 5.28. The molecule has 0 fully saturated rings. The molecule has 0 bridgehead atoms.